The van der Waals surface area contributed by atoms with Gasteiger partial charge in [0.05, 0.1) is 36.5 Å². The molecule has 3 aromatic rings. The molecule has 0 N–H and O–H groups in total. The molecule has 0 fully saturated rings. The van der Waals surface area contributed by atoms with Crippen molar-refractivity contribution >= 4 is 16.8 Å². The second-order valence-corrected chi connectivity index (χ2v) is 6.09. The van der Waals surface area contributed by atoms with E-state index in [9.17, 15) is 4.79 Å². The van der Waals surface area contributed by atoms with Crippen LogP contribution in [0, 0.1) is 0 Å². The molecule has 0 bridgehead atoms. The van der Waals surface area contributed by atoms with Crippen LogP contribution in [0.15, 0.2) is 36.5 Å². The normalized spacial score (nSPS) is 13.9. The van der Waals surface area contributed by atoms with Gasteiger partial charge < -0.3 is 9.64 Å². The zero-order valence-electron chi connectivity index (χ0n) is 14.1. The summed E-state index contributed by atoms with van der Waals surface area (Å²) < 4.78 is 6.97. The highest BCUT2D eigenvalue weighted by Gasteiger charge is 2.26. The molecular weight excluding hydrogens is 318 g/mol. The molecule has 2 aromatic heterocycles. The lowest BCUT2D eigenvalue weighted by atomic mass is 10.1. The number of carbonyl (C=O) groups is 1. The van der Waals surface area contributed by atoms with Crippen LogP contribution in [0.1, 0.15) is 21.7 Å². The molecule has 0 unspecified atom stereocenters. The van der Waals surface area contributed by atoms with E-state index >= 15 is 0 Å². The number of para-hydroxylation sites is 1. The molecule has 1 amide bonds. The number of hydrogen-bond donors (Lipinski definition) is 0. The quantitative estimate of drug-likeness (QED) is 0.724. The molecule has 0 atom stereocenters. The highest BCUT2D eigenvalue weighted by molar-refractivity contribution is 5.97. The molecule has 0 aliphatic carbocycles. The Balaban J connectivity index is 1.54. The van der Waals surface area contributed by atoms with Crippen molar-refractivity contribution in [3.8, 4) is 0 Å². The molecular formula is C18H19N5O2. The van der Waals surface area contributed by atoms with Crippen LogP contribution in [0.5, 0.6) is 0 Å². The Morgan fingerprint density at radius 3 is 3.08 bits per heavy atom. The Kier molecular flexibility index (Phi) is 4.15. The summed E-state index contributed by atoms with van der Waals surface area (Å²) in [6, 6.07) is 9.69. The van der Waals surface area contributed by atoms with Crippen LogP contribution in [0.3, 0.4) is 0 Å². The van der Waals surface area contributed by atoms with Crippen molar-refractivity contribution in [2.24, 2.45) is 0 Å². The first kappa shape index (κ1) is 15.7. The number of ether oxygens (including phenoxy) is 1. The van der Waals surface area contributed by atoms with Crippen molar-refractivity contribution in [1.82, 2.24) is 24.9 Å². The Labute approximate surface area is 145 Å². The van der Waals surface area contributed by atoms with Gasteiger partial charge in [0.25, 0.3) is 5.91 Å². The van der Waals surface area contributed by atoms with Gasteiger partial charge in [0.15, 0.2) is 0 Å². The van der Waals surface area contributed by atoms with E-state index in [0.717, 1.165) is 28.7 Å². The van der Waals surface area contributed by atoms with Crippen LogP contribution < -0.4 is 0 Å². The number of nitrogens with zero attached hydrogens (tertiary/aromatic N) is 5. The average molecular weight is 337 g/mol. The third kappa shape index (κ3) is 2.98. The maximum absolute atomic E-state index is 12.8. The van der Waals surface area contributed by atoms with E-state index in [2.05, 4.69) is 15.3 Å². The number of hydrogen-bond acceptors (Lipinski definition) is 5. The van der Waals surface area contributed by atoms with Gasteiger partial charge >= 0.3 is 0 Å². The summed E-state index contributed by atoms with van der Waals surface area (Å²) in [4.78, 5) is 19.0. The molecule has 7 heteroatoms. The van der Waals surface area contributed by atoms with E-state index in [1.807, 2.05) is 39.9 Å². The van der Waals surface area contributed by atoms with Gasteiger partial charge in [0, 0.05) is 31.7 Å². The molecule has 128 valence electrons. The lowest BCUT2D eigenvalue weighted by molar-refractivity contribution is 0.0730. The first-order chi connectivity index (χ1) is 12.3. The van der Waals surface area contributed by atoms with E-state index in [1.54, 1.807) is 13.3 Å². The SMILES string of the molecule is COCCn1nnc2c1CCN(C(=O)c1cnc3ccccc3c1)C2. The lowest BCUT2D eigenvalue weighted by Gasteiger charge is -2.26. The van der Waals surface area contributed by atoms with Crippen LogP contribution in [-0.4, -0.2) is 51.0 Å². The maximum Gasteiger partial charge on any atom is 0.255 e. The fourth-order valence-corrected chi connectivity index (χ4v) is 3.17. The van der Waals surface area contributed by atoms with E-state index in [0.29, 0.717) is 31.8 Å². The van der Waals surface area contributed by atoms with Crippen LogP contribution in [-0.2, 0) is 24.2 Å². The second kappa shape index (κ2) is 6.60. The van der Waals surface area contributed by atoms with Crippen molar-refractivity contribution in [3.05, 3.63) is 53.5 Å². The van der Waals surface area contributed by atoms with Crippen LogP contribution in [0.25, 0.3) is 10.9 Å². The van der Waals surface area contributed by atoms with Gasteiger partial charge in [-0.3, -0.25) is 9.78 Å². The van der Waals surface area contributed by atoms with Gasteiger partial charge in [-0.25, -0.2) is 4.68 Å². The lowest BCUT2D eigenvalue weighted by Crippen LogP contribution is -2.36. The van der Waals surface area contributed by atoms with E-state index in [1.165, 1.54) is 0 Å². The second-order valence-electron chi connectivity index (χ2n) is 6.09. The van der Waals surface area contributed by atoms with E-state index in [-0.39, 0.29) is 5.91 Å². The van der Waals surface area contributed by atoms with Gasteiger partial charge in [-0.05, 0) is 12.1 Å². The van der Waals surface area contributed by atoms with Crippen LogP contribution in [0.2, 0.25) is 0 Å². The van der Waals surface area contributed by atoms with Crippen molar-refractivity contribution < 1.29 is 9.53 Å². The summed E-state index contributed by atoms with van der Waals surface area (Å²) in [5, 5.41) is 9.38. The topological polar surface area (TPSA) is 73.1 Å². The average Bonchev–Trinajstić information content (AvgIpc) is 3.07. The molecule has 1 aromatic carbocycles. The molecule has 0 saturated carbocycles. The summed E-state index contributed by atoms with van der Waals surface area (Å²) in [5.74, 6) is -0.0182. The summed E-state index contributed by atoms with van der Waals surface area (Å²) in [6.07, 6.45) is 2.40. The van der Waals surface area contributed by atoms with Gasteiger partial charge in [0.2, 0.25) is 0 Å². The van der Waals surface area contributed by atoms with E-state index in [4.69, 9.17) is 4.74 Å². The summed E-state index contributed by atoms with van der Waals surface area (Å²) in [5.41, 5.74) is 3.46. The predicted octanol–water partition coefficient (Wildman–Crippen LogP) is 1.67. The van der Waals surface area contributed by atoms with Crippen molar-refractivity contribution in [2.45, 2.75) is 19.5 Å². The van der Waals surface area contributed by atoms with Gasteiger partial charge in [-0.1, -0.05) is 23.4 Å². The summed E-state index contributed by atoms with van der Waals surface area (Å²) in [6.45, 7) is 2.41. The molecule has 1 aliphatic rings. The standard InChI is InChI=1S/C18H19N5O2/c1-25-9-8-23-17-6-7-22(12-16(17)20-21-23)18(24)14-10-13-4-2-3-5-15(13)19-11-14/h2-5,10-11H,6-9,12H2,1H3. The van der Waals surface area contributed by atoms with Crippen molar-refractivity contribution in [3.63, 3.8) is 0 Å². The van der Waals surface area contributed by atoms with Gasteiger partial charge in [0.1, 0.15) is 5.69 Å². The fraction of sp³-hybridized carbons (Fsp3) is 0.333. The van der Waals surface area contributed by atoms with E-state index < -0.39 is 0 Å². The van der Waals surface area contributed by atoms with Gasteiger partial charge in [-0.15, -0.1) is 5.10 Å². The maximum atomic E-state index is 12.8. The van der Waals surface area contributed by atoms with Gasteiger partial charge in [-0.2, -0.15) is 0 Å². The Hall–Kier alpha value is -2.80. The van der Waals surface area contributed by atoms with Crippen molar-refractivity contribution in [2.75, 3.05) is 20.3 Å². The third-order valence-corrected chi connectivity index (χ3v) is 4.51. The largest absolute Gasteiger partial charge is 0.383 e. The molecule has 4 rings (SSSR count). The molecule has 0 spiro atoms. The molecule has 1 aliphatic heterocycles. The van der Waals surface area contributed by atoms with Crippen LogP contribution in [0.4, 0.5) is 0 Å². The number of pyridine rings is 1. The Bertz CT molecular complexity index is 921. The molecule has 0 saturated heterocycles. The first-order valence-electron chi connectivity index (χ1n) is 8.30. The summed E-state index contributed by atoms with van der Waals surface area (Å²) in [7, 11) is 1.67. The highest BCUT2D eigenvalue weighted by atomic mass is 16.5. The Morgan fingerprint density at radius 1 is 1.32 bits per heavy atom. The highest BCUT2D eigenvalue weighted by Crippen LogP contribution is 2.20. The van der Waals surface area contributed by atoms with Crippen molar-refractivity contribution in [1.29, 1.82) is 0 Å². The minimum Gasteiger partial charge on any atom is -0.383 e. The number of methoxy groups -OCH3 is 1. The monoisotopic (exact) mass is 337 g/mol. The minimum atomic E-state index is -0.0182. The van der Waals surface area contributed by atoms with Crippen LogP contribution >= 0.6 is 0 Å². The predicted molar refractivity (Wildman–Crippen MR) is 92.1 cm³/mol. The fourth-order valence-electron chi connectivity index (χ4n) is 3.17. The molecule has 0 radical (unpaired) electrons. The zero-order valence-corrected chi connectivity index (χ0v) is 14.1. The smallest absolute Gasteiger partial charge is 0.255 e. The number of carbonyl (C=O) groups excluding carboxylic acids is 1. The molecule has 3 heterocycles. The summed E-state index contributed by atoms with van der Waals surface area (Å²) >= 11 is 0. The third-order valence-electron chi connectivity index (χ3n) is 4.51. The molecule has 7 nitrogen and oxygen atoms in total. The number of rotatable bonds is 4. The number of benzene rings is 1. The zero-order chi connectivity index (χ0) is 17.2. The minimum absolute atomic E-state index is 0.0182. The number of fused-ring (bicyclic) bond motifs is 2. The number of aromatic nitrogens is 4. The number of amides is 1. The first-order valence-corrected chi connectivity index (χ1v) is 8.30. The molecule has 25 heavy (non-hydrogen) atoms. The Morgan fingerprint density at radius 2 is 2.20 bits per heavy atom.